The van der Waals surface area contributed by atoms with Crippen LogP contribution in [0.25, 0.3) is 22.0 Å². The maximum Gasteiger partial charge on any atom is 0.266 e. The van der Waals surface area contributed by atoms with Gasteiger partial charge in [-0.2, -0.15) is 5.10 Å². The summed E-state index contributed by atoms with van der Waals surface area (Å²) >= 11 is 12.4. The van der Waals surface area contributed by atoms with Crippen molar-refractivity contribution in [3.8, 4) is 11.1 Å². The standard InChI is InChI=1S/C19H15Cl2N5O/c1-25-17(9-26-10-23-8-16(26)19(22)27)14-4-2-3-13(18(14)24-25)12-6-5-11(20)7-15(12)21/h2-8,10H,9H2,1H3,(H2,22,27). The maximum atomic E-state index is 11.6. The van der Waals surface area contributed by atoms with Gasteiger partial charge in [0.25, 0.3) is 5.91 Å². The Kier molecular flexibility index (Phi) is 4.37. The van der Waals surface area contributed by atoms with Crippen LogP contribution in [-0.4, -0.2) is 25.2 Å². The zero-order chi connectivity index (χ0) is 19.1. The van der Waals surface area contributed by atoms with Gasteiger partial charge in [-0.3, -0.25) is 9.48 Å². The molecule has 6 nitrogen and oxygen atoms in total. The molecule has 0 fully saturated rings. The molecule has 1 amide bonds. The SMILES string of the molecule is Cn1nc2c(-c3ccc(Cl)cc3Cl)cccc2c1Cn1cncc1C(N)=O. The van der Waals surface area contributed by atoms with E-state index in [0.29, 0.717) is 22.3 Å². The lowest BCUT2D eigenvalue weighted by atomic mass is 10.0. The van der Waals surface area contributed by atoms with E-state index >= 15 is 0 Å². The lowest BCUT2D eigenvalue weighted by Crippen LogP contribution is -2.17. The molecule has 4 aromatic rings. The molecule has 0 radical (unpaired) electrons. The number of benzene rings is 2. The number of primary amides is 1. The van der Waals surface area contributed by atoms with Gasteiger partial charge in [-0.1, -0.05) is 47.5 Å². The van der Waals surface area contributed by atoms with E-state index < -0.39 is 5.91 Å². The Morgan fingerprint density at radius 3 is 2.74 bits per heavy atom. The van der Waals surface area contributed by atoms with Crippen molar-refractivity contribution < 1.29 is 4.79 Å². The van der Waals surface area contributed by atoms with Gasteiger partial charge in [0.05, 0.1) is 24.8 Å². The summed E-state index contributed by atoms with van der Waals surface area (Å²) in [5, 5.41) is 6.79. The van der Waals surface area contributed by atoms with Crippen molar-refractivity contribution in [2.75, 3.05) is 0 Å². The largest absolute Gasteiger partial charge is 0.364 e. The minimum Gasteiger partial charge on any atom is -0.364 e. The number of aromatic nitrogens is 4. The first-order valence-corrected chi connectivity index (χ1v) is 8.91. The number of halogens is 2. The number of hydrogen-bond acceptors (Lipinski definition) is 3. The quantitative estimate of drug-likeness (QED) is 0.565. The lowest BCUT2D eigenvalue weighted by molar-refractivity contribution is 0.0992. The van der Waals surface area contributed by atoms with Crippen molar-refractivity contribution in [2.24, 2.45) is 12.8 Å². The normalized spacial score (nSPS) is 11.2. The van der Waals surface area contributed by atoms with Gasteiger partial charge < -0.3 is 10.3 Å². The molecule has 0 saturated heterocycles. The Morgan fingerprint density at radius 2 is 2.00 bits per heavy atom. The molecule has 2 aromatic heterocycles. The van der Waals surface area contributed by atoms with Crippen LogP contribution >= 0.6 is 23.2 Å². The molecule has 27 heavy (non-hydrogen) atoms. The average Bonchev–Trinajstić information content (AvgIpc) is 3.20. The van der Waals surface area contributed by atoms with Crippen LogP contribution in [0.1, 0.15) is 16.2 Å². The third-order valence-corrected chi connectivity index (χ3v) is 5.04. The summed E-state index contributed by atoms with van der Waals surface area (Å²) in [6.07, 6.45) is 3.04. The van der Waals surface area contributed by atoms with Gasteiger partial charge >= 0.3 is 0 Å². The predicted molar refractivity (Wildman–Crippen MR) is 106 cm³/mol. The van der Waals surface area contributed by atoms with Crippen LogP contribution in [0.15, 0.2) is 48.9 Å². The maximum absolute atomic E-state index is 11.6. The molecule has 0 atom stereocenters. The Labute approximate surface area is 165 Å². The molecule has 2 aromatic carbocycles. The first kappa shape index (κ1) is 17.6. The molecule has 0 spiro atoms. The van der Waals surface area contributed by atoms with E-state index in [1.54, 1.807) is 27.7 Å². The monoisotopic (exact) mass is 399 g/mol. The summed E-state index contributed by atoms with van der Waals surface area (Å²) in [6, 6.07) is 11.3. The number of carbonyl (C=O) groups is 1. The molecule has 2 N–H and O–H groups in total. The third kappa shape index (κ3) is 3.07. The first-order valence-electron chi connectivity index (χ1n) is 8.15. The zero-order valence-electron chi connectivity index (χ0n) is 14.4. The molecule has 0 saturated carbocycles. The van der Waals surface area contributed by atoms with Crippen LogP contribution in [0, 0.1) is 0 Å². The van der Waals surface area contributed by atoms with Crippen LogP contribution in [-0.2, 0) is 13.6 Å². The highest BCUT2D eigenvalue weighted by molar-refractivity contribution is 6.36. The molecule has 0 unspecified atom stereocenters. The summed E-state index contributed by atoms with van der Waals surface area (Å²) < 4.78 is 3.50. The second-order valence-corrected chi connectivity index (χ2v) is 7.01. The minimum absolute atomic E-state index is 0.348. The summed E-state index contributed by atoms with van der Waals surface area (Å²) in [6.45, 7) is 0.420. The van der Waals surface area contributed by atoms with Gasteiger partial charge in [0.2, 0.25) is 0 Å². The van der Waals surface area contributed by atoms with Crippen LogP contribution in [0.4, 0.5) is 0 Å². The van der Waals surface area contributed by atoms with Crippen molar-refractivity contribution in [3.63, 3.8) is 0 Å². The van der Waals surface area contributed by atoms with Gasteiger partial charge in [-0.15, -0.1) is 0 Å². The van der Waals surface area contributed by atoms with E-state index in [1.807, 2.05) is 31.3 Å². The van der Waals surface area contributed by atoms with E-state index in [9.17, 15) is 4.79 Å². The fraction of sp³-hybridized carbons (Fsp3) is 0.105. The zero-order valence-corrected chi connectivity index (χ0v) is 15.9. The number of imidazole rings is 1. The van der Waals surface area contributed by atoms with E-state index in [0.717, 1.165) is 27.7 Å². The minimum atomic E-state index is -0.521. The fourth-order valence-electron chi connectivity index (χ4n) is 3.19. The fourth-order valence-corrected chi connectivity index (χ4v) is 3.71. The molecule has 0 aliphatic heterocycles. The van der Waals surface area contributed by atoms with Crippen LogP contribution < -0.4 is 5.73 Å². The van der Waals surface area contributed by atoms with Crippen molar-refractivity contribution in [2.45, 2.75) is 6.54 Å². The number of carbonyl (C=O) groups excluding carboxylic acids is 1. The lowest BCUT2D eigenvalue weighted by Gasteiger charge is -2.08. The molecule has 0 aliphatic carbocycles. The highest BCUT2D eigenvalue weighted by Crippen LogP contribution is 2.35. The molecule has 0 bridgehead atoms. The van der Waals surface area contributed by atoms with Gasteiger partial charge in [0, 0.05) is 33.6 Å². The van der Waals surface area contributed by atoms with Crippen LogP contribution in [0.3, 0.4) is 0 Å². The number of hydrogen-bond donors (Lipinski definition) is 1. The van der Waals surface area contributed by atoms with Crippen LogP contribution in [0.5, 0.6) is 0 Å². The van der Waals surface area contributed by atoms with Gasteiger partial charge in [-0.25, -0.2) is 4.98 Å². The van der Waals surface area contributed by atoms with Gasteiger partial charge in [-0.05, 0) is 12.1 Å². The van der Waals surface area contributed by atoms with E-state index in [4.69, 9.17) is 28.9 Å². The Morgan fingerprint density at radius 1 is 1.19 bits per heavy atom. The van der Waals surface area contributed by atoms with E-state index in [1.165, 1.54) is 6.20 Å². The van der Waals surface area contributed by atoms with Crippen molar-refractivity contribution in [3.05, 3.63) is 70.4 Å². The smallest absolute Gasteiger partial charge is 0.266 e. The molecule has 8 heteroatoms. The van der Waals surface area contributed by atoms with Gasteiger partial charge in [0.15, 0.2) is 0 Å². The second kappa shape index (κ2) is 6.72. The number of fused-ring (bicyclic) bond motifs is 1. The summed E-state index contributed by atoms with van der Waals surface area (Å²) in [4.78, 5) is 15.6. The van der Waals surface area contributed by atoms with E-state index in [2.05, 4.69) is 10.1 Å². The van der Waals surface area contributed by atoms with Crippen molar-refractivity contribution in [1.82, 2.24) is 19.3 Å². The topological polar surface area (TPSA) is 78.7 Å². The Bertz CT molecular complexity index is 1180. The molecule has 4 rings (SSSR count). The van der Waals surface area contributed by atoms with Crippen LogP contribution in [0.2, 0.25) is 10.0 Å². The number of rotatable bonds is 4. The summed E-state index contributed by atoms with van der Waals surface area (Å²) in [5.41, 5.74) is 9.29. The average molecular weight is 400 g/mol. The van der Waals surface area contributed by atoms with Crippen molar-refractivity contribution in [1.29, 1.82) is 0 Å². The number of nitrogens with zero attached hydrogens (tertiary/aromatic N) is 4. The predicted octanol–water partition coefficient (Wildman–Crippen LogP) is 3.89. The van der Waals surface area contributed by atoms with E-state index in [-0.39, 0.29) is 0 Å². The highest BCUT2D eigenvalue weighted by atomic mass is 35.5. The molecule has 136 valence electrons. The molecule has 2 heterocycles. The molecule has 0 aliphatic rings. The second-order valence-electron chi connectivity index (χ2n) is 6.17. The number of nitrogens with two attached hydrogens (primary N) is 1. The first-order chi connectivity index (χ1) is 13.0. The molecular formula is C19H15Cl2N5O. The highest BCUT2D eigenvalue weighted by Gasteiger charge is 2.17. The Hall–Kier alpha value is -2.83. The number of aryl methyl sites for hydroxylation is 1. The third-order valence-electron chi connectivity index (χ3n) is 4.49. The Balaban J connectivity index is 1.86. The number of amides is 1. The molecular weight excluding hydrogens is 385 g/mol. The van der Waals surface area contributed by atoms with Gasteiger partial charge in [0.1, 0.15) is 11.2 Å². The summed E-state index contributed by atoms with van der Waals surface area (Å²) in [7, 11) is 1.86. The van der Waals surface area contributed by atoms with Crippen molar-refractivity contribution >= 4 is 40.0 Å². The summed E-state index contributed by atoms with van der Waals surface area (Å²) in [5.74, 6) is -0.521.